The molecule has 0 aromatic heterocycles. The number of fused-ring (bicyclic) bond motifs is 5. The summed E-state index contributed by atoms with van der Waals surface area (Å²) in [4.78, 5) is 25.0. The first-order valence-corrected chi connectivity index (χ1v) is 11.3. The molecule has 0 aromatic carbocycles. The molecule has 3 aliphatic carbocycles. The number of hydrogen-bond acceptors (Lipinski definition) is 3. The summed E-state index contributed by atoms with van der Waals surface area (Å²) in [5.41, 5.74) is -0.370. The van der Waals surface area contributed by atoms with Crippen molar-refractivity contribution in [2.24, 2.45) is 34.5 Å². The molecule has 4 rings (SSSR count). The lowest BCUT2D eigenvalue weighted by molar-refractivity contribution is -0.164. The second kappa shape index (κ2) is 6.45. The van der Waals surface area contributed by atoms with Crippen LogP contribution in [0.2, 0.25) is 0 Å². The van der Waals surface area contributed by atoms with Crippen LogP contribution >= 0.6 is 0 Å². The molecule has 4 aliphatic rings. The van der Waals surface area contributed by atoms with Crippen molar-refractivity contribution in [1.29, 1.82) is 0 Å². The molecule has 1 heterocycles. The van der Waals surface area contributed by atoms with Gasteiger partial charge < -0.3 is 15.7 Å². The number of piperidine rings is 1. The van der Waals surface area contributed by atoms with Gasteiger partial charge in [0, 0.05) is 22.9 Å². The van der Waals surface area contributed by atoms with Crippen molar-refractivity contribution >= 4 is 11.8 Å². The number of carbonyl (C=O) groups excluding carboxylic acids is 2. The van der Waals surface area contributed by atoms with Crippen LogP contribution in [0.15, 0.2) is 0 Å². The van der Waals surface area contributed by atoms with E-state index in [1.54, 1.807) is 0 Å². The van der Waals surface area contributed by atoms with Crippen LogP contribution in [0, 0.1) is 34.5 Å². The zero-order valence-electron chi connectivity index (χ0n) is 18.2. The van der Waals surface area contributed by atoms with E-state index in [1.165, 1.54) is 0 Å². The summed E-state index contributed by atoms with van der Waals surface area (Å²) in [7, 11) is 0. The average molecular weight is 391 g/mol. The van der Waals surface area contributed by atoms with Crippen molar-refractivity contribution in [2.75, 3.05) is 0 Å². The van der Waals surface area contributed by atoms with E-state index in [9.17, 15) is 14.7 Å². The van der Waals surface area contributed by atoms with Gasteiger partial charge in [-0.15, -0.1) is 0 Å². The first kappa shape index (κ1) is 20.2. The minimum Gasteiger partial charge on any atom is -0.392 e. The molecule has 5 heteroatoms. The molecule has 0 aromatic rings. The van der Waals surface area contributed by atoms with E-state index in [0.717, 1.165) is 38.5 Å². The minimum atomic E-state index is -0.551. The van der Waals surface area contributed by atoms with Crippen LogP contribution in [-0.2, 0) is 9.59 Å². The Morgan fingerprint density at radius 3 is 2.50 bits per heavy atom. The van der Waals surface area contributed by atoms with Gasteiger partial charge in [0.05, 0.1) is 12.5 Å². The predicted molar refractivity (Wildman–Crippen MR) is 108 cm³/mol. The third kappa shape index (κ3) is 2.91. The van der Waals surface area contributed by atoms with Crippen molar-refractivity contribution in [3.63, 3.8) is 0 Å². The Bertz CT molecular complexity index is 671. The van der Waals surface area contributed by atoms with Gasteiger partial charge in [-0.3, -0.25) is 9.59 Å². The molecule has 0 spiro atoms. The second-order valence-electron chi connectivity index (χ2n) is 11.6. The third-order valence-corrected chi connectivity index (χ3v) is 9.02. The van der Waals surface area contributed by atoms with Crippen molar-refractivity contribution in [3.8, 4) is 0 Å². The molecular formula is C23H38N2O3. The normalized spacial score (nSPS) is 48.1. The summed E-state index contributed by atoms with van der Waals surface area (Å²) >= 11 is 0. The lowest BCUT2D eigenvalue weighted by Gasteiger charge is -2.61. The minimum absolute atomic E-state index is 0.00569. The van der Waals surface area contributed by atoms with Crippen molar-refractivity contribution in [3.05, 3.63) is 0 Å². The van der Waals surface area contributed by atoms with Crippen molar-refractivity contribution in [2.45, 2.75) is 97.2 Å². The lowest BCUT2D eigenvalue weighted by atomic mass is 9.46. The van der Waals surface area contributed by atoms with E-state index < -0.39 is 6.10 Å². The van der Waals surface area contributed by atoms with Gasteiger partial charge in [0.15, 0.2) is 0 Å². The number of rotatable bonds is 1. The molecule has 3 N–H and O–H groups in total. The van der Waals surface area contributed by atoms with Gasteiger partial charge in [-0.2, -0.15) is 0 Å². The summed E-state index contributed by atoms with van der Waals surface area (Å²) in [6, 6.07) is 0.0933. The van der Waals surface area contributed by atoms with Gasteiger partial charge in [0.25, 0.3) is 0 Å². The highest BCUT2D eigenvalue weighted by Crippen LogP contribution is 2.65. The Hall–Kier alpha value is -1.10. The molecule has 0 unspecified atom stereocenters. The molecule has 5 nitrogen and oxygen atoms in total. The largest absolute Gasteiger partial charge is 0.392 e. The number of hydrogen-bond donors (Lipinski definition) is 3. The fourth-order valence-electron chi connectivity index (χ4n) is 7.63. The Morgan fingerprint density at radius 2 is 1.82 bits per heavy atom. The van der Waals surface area contributed by atoms with E-state index in [2.05, 4.69) is 45.3 Å². The number of aliphatic hydroxyl groups excluding tert-OH is 1. The Morgan fingerprint density at radius 1 is 1.11 bits per heavy atom. The molecule has 0 bridgehead atoms. The zero-order valence-corrected chi connectivity index (χ0v) is 18.2. The van der Waals surface area contributed by atoms with Gasteiger partial charge in [-0.1, -0.05) is 13.8 Å². The highest BCUT2D eigenvalue weighted by atomic mass is 16.3. The van der Waals surface area contributed by atoms with Gasteiger partial charge in [0.2, 0.25) is 11.8 Å². The van der Waals surface area contributed by atoms with Crippen LogP contribution in [0.1, 0.15) is 79.6 Å². The maximum atomic E-state index is 13.1. The molecule has 2 amide bonds. The molecule has 1 aliphatic heterocycles. The smallest absolute Gasteiger partial charge is 0.224 e. The molecule has 158 valence electrons. The van der Waals surface area contributed by atoms with Crippen LogP contribution in [0.4, 0.5) is 0 Å². The summed E-state index contributed by atoms with van der Waals surface area (Å²) in [5.74, 6) is 1.85. The first-order chi connectivity index (χ1) is 13.0. The highest BCUT2D eigenvalue weighted by Gasteiger charge is 2.63. The Balaban J connectivity index is 1.58. The summed E-state index contributed by atoms with van der Waals surface area (Å²) in [6.07, 6.45) is 5.92. The van der Waals surface area contributed by atoms with Crippen LogP contribution < -0.4 is 10.6 Å². The summed E-state index contributed by atoms with van der Waals surface area (Å²) in [5, 5.41) is 17.3. The first-order valence-electron chi connectivity index (χ1n) is 11.3. The van der Waals surface area contributed by atoms with E-state index in [-0.39, 0.29) is 46.6 Å². The average Bonchev–Trinajstić information content (AvgIpc) is 2.92. The Labute approximate surface area is 169 Å². The third-order valence-electron chi connectivity index (χ3n) is 9.02. The number of amides is 2. The topological polar surface area (TPSA) is 78.4 Å². The van der Waals surface area contributed by atoms with Crippen LogP contribution in [-0.4, -0.2) is 34.6 Å². The standard InChI is InChI=1S/C23H38N2O3/c1-21(2,3)25-20(28)16-8-7-14-13-6-9-17-23(5,18(26)12-19(27)24-17)15(13)10-11-22(14,16)4/h13-18,26H,6-12H2,1-5H3,(H,24,27)(H,25,28)/t13-,14-,15-,16+,17+,18-,22-,23+/m0/s1. The fraction of sp³-hybridized carbons (Fsp3) is 0.913. The number of carbonyl (C=O) groups is 2. The quantitative estimate of drug-likeness (QED) is 0.644. The van der Waals surface area contributed by atoms with E-state index >= 15 is 0 Å². The van der Waals surface area contributed by atoms with E-state index in [1.807, 2.05) is 0 Å². The molecule has 8 atom stereocenters. The fourth-order valence-corrected chi connectivity index (χ4v) is 7.63. The molecule has 28 heavy (non-hydrogen) atoms. The van der Waals surface area contributed by atoms with Gasteiger partial charge >= 0.3 is 0 Å². The zero-order chi connectivity index (χ0) is 20.5. The molecular weight excluding hydrogens is 352 g/mol. The second-order valence-corrected chi connectivity index (χ2v) is 11.6. The van der Waals surface area contributed by atoms with Crippen molar-refractivity contribution in [1.82, 2.24) is 10.6 Å². The number of nitrogens with one attached hydrogen (secondary N) is 2. The van der Waals surface area contributed by atoms with Gasteiger partial charge in [-0.05, 0) is 82.5 Å². The summed E-state index contributed by atoms with van der Waals surface area (Å²) < 4.78 is 0. The molecule has 0 radical (unpaired) electrons. The van der Waals surface area contributed by atoms with Crippen LogP contribution in [0.5, 0.6) is 0 Å². The van der Waals surface area contributed by atoms with Crippen LogP contribution in [0.3, 0.4) is 0 Å². The Kier molecular flexibility index (Phi) is 4.65. The van der Waals surface area contributed by atoms with Gasteiger partial charge in [-0.25, -0.2) is 0 Å². The highest BCUT2D eigenvalue weighted by molar-refractivity contribution is 5.80. The predicted octanol–water partition coefficient (Wildman–Crippen LogP) is 3.01. The molecule has 1 saturated heterocycles. The summed E-state index contributed by atoms with van der Waals surface area (Å²) in [6.45, 7) is 10.7. The molecule has 3 saturated carbocycles. The van der Waals surface area contributed by atoms with E-state index in [4.69, 9.17) is 0 Å². The van der Waals surface area contributed by atoms with Crippen molar-refractivity contribution < 1.29 is 14.7 Å². The SMILES string of the molecule is CC(C)(C)NC(=O)[C@H]1CC[C@H]2[C@@H]3CC[C@H]4NC(=O)C[C@H](O)[C@]4(C)[C@H]3CC[C@]12C. The van der Waals surface area contributed by atoms with Crippen LogP contribution in [0.25, 0.3) is 0 Å². The van der Waals surface area contributed by atoms with E-state index in [0.29, 0.717) is 17.8 Å². The maximum Gasteiger partial charge on any atom is 0.224 e. The molecule has 4 fully saturated rings. The lowest BCUT2D eigenvalue weighted by Crippen LogP contribution is -2.66. The maximum absolute atomic E-state index is 13.1. The van der Waals surface area contributed by atoms with Gasteiger partial charge in [0.1, 0.15) is 0 Å². The number of aliphatic hydroxyl groups is 1. The monoisotopic (exact) mass is 390 g/mol.